The molecule has 2 rings (SSSR count). The van der Waals surface area contributed by atoms with Gasteiger partial charge in [0.15, 0.2) is 0 Å². The average Bonchev–Trinajstić information content (AvgIpc) is 2.99. The molecule has 0 saturated carbocycles. The fourth-order valence-corrected chi connectivity index (χ4v) is 2.74. The smallest absolute Gasteiger partial charge is 0.317 e. The van der Waals surface area contributed by atoms with E-state index in [0.29, 0.717) is 24.5 Å². The van der Waals surface area contributed by atoms with Gasteiger partial charge in [0.25, 0.3) is 0 Å². The van der Waals surface area contributed by atoms with Crippen molar-refractivity contribution in [1.82, 2.24) is 10.2 Å². The van der Waals surface area contributed by atoms with Gasteiger partial charge in [-0.1, -0.05) is 30.7 Å². The molecule has 0 radical (unpaired) electrons. The summed E-state index contributed by atoms with van der Waals surface area (Å²) < 4.78 is 0. The highest BCUT2D eigenvalue weighted by atomic mass is 35.5. The molecular formula is C16H21ClN2O3. The minimum Gasteiger partial charge on any atom is -0.481 e. The molecule has 1 aliphatic heterocycles. The number of carbonyl (C=O) groups excluding carboxylic acids is 1. The Morgan fingerprint density at radius 2 is 2.09 bits per heavy atom. The minimum atomic E-state index is -0.830. The Kier molecular flexibility index (Phi) is 5.66. The third-order valence-electron chi connectivity index (χ3n) is 4.04. The molecule has 1 fully saturated rings. The first kappa shape index (κ1) is 16.6. The van der Waals surface area contributed by atoms with Gasteiger partial charge in [-0.05, 0) is 37.0 Å². The van der Waals surface area contributed by atoms with Crippen molar-refractivity contribution < 1.29 is 14.7 Å². The van der Waals surface area contributed by atoms with Gasteiger partial charge in [0.2, 0.25) is 0 Å². The first-order valence-corrected chi connectivity index (χ1v) is 7.90. The van der Waals surface area contributed by atoms with Crippen LogP contribution in [-0.2, 0) is 11.2 Å². The third-order valence-corrected chi connectivity index (χ3v) is 4.29. The fraction of sp³-hybridized carbons (Fsp3) is 0.500. The zero-order valence-electron chi connectivity index (χ0n) is 12.6. The second kappa shape index (κ2) is 7.49. The predicted molar refractivity (Wildman–Crippen MR) is 85.1 cm³/mol. The lowest BCUT2D eigenvalue weighted by atomic mass is 10.0. The van der Waals surface area contributed by atoms with Crippen LogP contribution in [-0.4, -0.2) is 41.1 Å². The summed E-state index contributed by atoms with van der Waals surface area (Å²) in [5, 5.41) is 12.7. The Morgan fingerprint density at radius 1 is 1.41 bits per heavy atom. The molecule has 0 aliphatic carbocycles. The summed E-state index contributed by atoms with van der Waals surface area (Å²) in [5.74, 6) is -1.27. The van der Waals surface area contributed by atoms with Gasteiger partial charge in [-0.2, -0.15) is 0 Å². The van der Waals surface area contributed by atoms with E-state index >= 15 is 0 Å². The van der Waals surface area contributed by atoms with Crippen LogP contribution in [0.15, 0.2) is 24.3 Å². The zero-order valence-corrected chi connectivity index (χ0v) is 13.3. The summed E-state index contributed by atoms with van der Waals surface area (Å²) in [6, 6.07) is 7.43. The second-order valence-electron chi connectivity index (χ2n) is 5.66. The number of hydrogen-bond donors (Lipinski definition) is 2. The van der Waals surface area contributed by atoms with E-state index < -0.39 is 11.9 Å². The molecule has 1 saturated heterocycles. The van der Waals surface area contributed by atoms with Crippen molar-refractivity contribution in [2.24, 2.45) is 5.92 Å². The number of carbonyl (C=O) groups is 2. The monoisotopic (exact) mass is 324 g/mol. The molecular weight excluding hydrogens is 304 g/mol. The number of rotatable bonds is 5. The molecule has 5 nitrogen and oxygen atoms in total. The first-order valence-electron chi connectivity index (χ1n) is 7.52. The van der Waals surface area contributed by atoms with Crippen molar-refractivity contribution in [3.8, 4) is 0 Å². The molecule has 0 bridgehead atoms. The maximum Gasteiger partial charge on any atom is 0.317 e. The van der Waals surface area contributed by atoms with Crippen LogP contribution in [0.2, 0.25) is 5.02 Å². The summed E-state index contributed by atoms with van der Waals surface area (Å²) in [6.07, 6.45) is 2.07. The summed E-state index contributed by atoms with van der Waals surface area (Å²) in [6.45, 7) is 2.81. The summed E-state index contributed by atoms with van der Waals surface area (Å²) in [7, 11) is 0. The van der Waals surface area contributed by atoms with E-state index in [1.54, 1.807) is 4.90 Å². The minimum absolute atomic E-state index is 0.0255. The highest BCUT2D eigenvalue weighted by molar-refractivity contribution is 6.30. The highest BCUT2D eigenvalue weighted by Gasteiger charge is 2.31. The quantitative estimate of drug-likeness (QED) is 0.875. The Balaban J connectivity index is 1.88. The van der Waals surface area contributed by atoms with Crippen LogP contribution < -0.4 is 5.32 Å². The Labute approximate surface area is 135 Å². The van der Waals surface area contributed by atoms with Crippen LogP contribution in [0, 0.1) is 5.92 Å². The van der Waals surface area contributed by atoms with E-state index in [-0.39, 0.29) is 12.1 Å². The topological polar surface area (TPSA) is 69.6 Å². The number of amides is 2. The molecule has 0 aromatic heterocycles. The van der Waals surface area contributed by atoms with E-state index in [1.807, 2.05) is 31.2 Å². The molecule has 1 aliphatic rings. The Morgan fingerprint density at radius 3 is 2.64 bits per heavy atom. The van der Waals surface area contributed by atoms with Crippen molar-refractivity contribution in [3.05, 3.63) is 34.9 Å². The van der Waals surface area contributed by atoms with Crippen molar-refractivity contribution in [2.75, 3.05) is 13.1 Å². The number of nitrogens with zero attached hydrogens (tertiary/aromatic N) is 1. The number of urea groups is 1. The molecule has 2 amide bonds. The van der Waals surface area contributed by atoms with Crippen LogP contribution in [0.1, 0.15) is 25.3 Å². The normalized spacial score (nSPS) is 19.0. The number of halogens is 1. The van der Waals surface area contributed by atoms with Gasteiger partial charge < -0.3 is 15.3 Å². The number of aliphatic carboxylic acids is 1. The maximum atomic E-state index is 12.2. The van der Waals surface area contributed by atoms with E-state index in [2.05, 4.69) is 5.32 Å². The van der Waals surface area contributed by atoms with Crippen molar-refractivity contribution in [2.45, 2.75) is 32.2 Å². The lowest BCUT2D eigenvalue weighted by molar-refractivity contribution is -0.141. The summed E-state index contributed by atoms with van der Waals surface area (Å²) in [4.78, 5) is 24.8. The molecule has 2 unspecified atom stereocenters. The summed E-state index contributed by atoms with van der Waals surface area (Å²) >= 11 is 5.87. The first-order chi connectivity index (χ1) is 10.5. The number of likely N-dealkylation sites (tertiary alicyclic amines) is 1. The van der Waals surface area contributed by atoms with Crippen molar-refractivity contribution in [1.29, 1.82) is 0 Å². The van der Waals surface area contributed by atoms with Gasteiger partial charge in [0.05, 0.1) is 5.92 Å². The lowest BCUT2D eigenvalue weighted by Gasteiger charge is -2.22. The van der Waals surface area contributed by atoms with E-state index in [9.17, 15) is 9.59 Å². The largest absolute Gasteiger partial charge is 0.481 e. The van der Waals surface area contributed by atoms with E-state index in [1.165, 1.54) is 0 Å². The second-order valence-corrected chi connectivity index (χ2v) is 6.09. The molecule has 2 N–H and O–H groups in total. The zero-order chi connectivity index (χ0) is 16.1. The van der Waals surface area contributed by atoms with Gasteiger partial charge in [-0.15, -0.1) is 0 Å². The van der Waals surface area contributed by atoms with Gasteiger partial charge in [0, 0.05) is 24.2 Å². The van der Waals surface area contributed by atoms with E-state index in [4.69, 9.17) is 16.7 Å². The van der Waals surface area contributed by atoms with Crippen molar-refractivity contribution >= 4 is 23.6 Å². The van der Waals surface area contributed by atoms with Crippen LogP contribution in [0.3, 0.4) is 0 Å². The summed E-state index contributed by atoms with van der Waals surface area (Å²) in [5.41, 5.74) is 1.11. The molecule has 1 aromatic carbocycles. The van der Waals surface area contributed by atoms with Crippen LogP contribution in [0.4, 0.5) is 4.79 Å². The fourth-order valence-electron chi connectivity index (χ4n) is 2.61. The number of carboxylic acids is 1. The van der Waals surface area contributed by atoms with Gasteiger partial charge >= 0.3 is 12.0 Å². The third kappa shape index (κ3) is 4.37. The number of carboxylic acid groups (broad SMARTS) is 1. The Bertz CT molecular complexity index is 533. The van der Waals surface area contributed by atoms with Gasteiger partial charge in [-0.3, -0.25) is 4.79 Å². The number of nitrogens with one attached hydrogen (secondary N) is 1. The molecule has 6 heteroatoms. The number of benzene rings is 1. The van der Waals surface area contributed by atoms with Crippen molar-refractivity contribution in [3.63, 3.8) is 0 Å². The van der Waals surface area contributed by atoms with Crippen LogP contribution >= 0.6 is 11.6 Å². The van der Waals surface area contributed by atoms with Crippen LogP contribution in [0.5, 0.6) is 0 Å². The average molecular weight is 325 g/mol. The predicted octanol–water partition coefficient (Wildman–Crippen LogP) is 2.78. The van der Waals surface area contributed by atoms with E-state index in [0.717, 1.165) is 18.4 Å². The molecule has 2 atom stereocenters. The molecule has 120 valence electrons. The number of hydrogen-bond acceptors (Lipinski definition) is 2. The van der Waals surface area contributed by atoms with Crippen LogP contribution in [0.25, 0.3) is 0 Å². The molecule has 0 spiro atoms. The molecule has 1 heterocycles. The standard InChI is InChI=1S/C16H21ClN2O3/c1-2-14(9-11-3-5-13(17)6-4-11)18-16(22)19-8-7-12(10-19)15(20)21/h3-6,12,14H,2,7-10H2,1H3,(H,18,22)(H,20,21). The SMILES string of the molecule is CCC(Cc1ccc(Cl)cc1)NC(=O)N1CCC(C(=O)O)C1. The molecule has 22 heavy (non-hydrogen) atoms. The maximum absolute atomic E-state index is 12.2. The van der Waals surface area contributed by atoms with Gasteiger partial charge in [-0.25, -0.2) is 4.79 Å². The lowest BCUT2D eigenvalue weighted by Crippen LogP contribution is -2.44. The molecule has 1 aromatic rings. The highest BCUT2D eigenvalue weighted by Crippen LogP contribution is 2.17. The Hall–Kier alpha value is -1.75. The van der Waals surface area contributed by atoms with Gasteiger partial charge in [0.1, 0.15) is 0 Å².